The molecule has 0 saturated heterocycles. The number of rotatable bonds is 5. The van der Waals surface area contributed by atoms with Crippen molar-refractivity contribution in [2.75, 3.05) is 0 Å². The van der Waals surface area contributed by atoms with Gasteiger partial charge in [0.1, 0.15) is 12.4 Å². The van der Waals surface area contributed by atoms with Crippen LogP contribution < -0.4 is 10.3 Å². The molecular formula is C17H16N2O4S. The normalized spacial score (nSPS) is 12.1. The van der Waals surface area contributed by atoms with Gasteiger partial charge in [-0.2, -0.15) is 0 Å². The van der Waals surface area contributed by atoms with E-state index >= 15 is 0 Å². The van der Waals surface area contributed by atoms with E-state index in [9.17, 15) is 9.59 Å². The van der Waals surface area contributed by atoms with Crippen LogP contribution in [0.1, 0.15) is 18.3 Å². The SMILES string of the molecule is Cc1csc2nc(COC(=O)[C@H](C)Oc3ccccc3)cc(=O)n12. The van der Waals surface area contributed by atoms with Crippen LogP contribution >= 0.6 is 11.3 Å². The molecule has 7 heteroatoms. The van der Waals surface area contributed by atoms with Crippen molar-refractivity contribution in [2.24, 2.45) is 0 Å². The van der Waals surface area contributed by atoms with E-state index in [-0.39, 0.29) is 12.2 Å². The van der Waals surface area contributed by atoms with Gasteiger partial charge in [-0.1, -0.05) is 18.2 Å². The van der Waals surface area contributed by atoms with E-state index in [0.717, 1.165) is 5.69 Å². The maximum atomic E-state index is 12.1. The van der Waals surface area contributed by atoms with Gasteiger partial charge in [-0.3, -0.25) is 9.20 Å². The van der Waals surface area contributed by atoms with E-state index in [1.54, 1.807) is 19.1 Å². The molecule has 0 saturated carbocycles. The highest BCUT2D eigenvalue weighted by Gasteiger charge is 2.17. The summed E-state index contributed by atoms with van der Waals surface area (Å²) in [4.78, 5) is 29.0. The maximum absolute atomic E-state index is 12.1. The highest BCUT2D eigenvalue weighted by Crippen LogP contribution is 2.13. The Morgan fingerprint density at radius 1 is 1.33 bits per heavy atom. The second-order valence-corrected chi connectivity index (χ2v) is 6.10. The molecule has 0 radical (unpaired) electrons. The number of para-hydroxylation sites is 1. The summed E-state index contributed by atoms with van der Waals surface area (Å²) in [5.74, 6) is 0.0806. The Kier molecular flexibility index (Phi) is 4.61. The van der Waals surface area contributed by atoms with E-state index in [2.05, 4.69) is 4.98 Å². The Balaban J connectivity index is 1.65. The third-order valence-corrected chi connectivity index (χ3v) is 4.32. The van der Waals surface area contributed by atoms with Gasteiger partial charge in [0, 0.05) is 17.1 Å². The lowest BCUT2D eigenvalue weighted by atomic mass is 10.3. The fourth-order valence-electron chi connectivity index (χ4n) is 2.19. The number of hydrogen-bond acceptors (Lipinski definition) is 6. The molecule has 6 nitrogen and oxygen atoms in total. The number of esters is 1. The van der Waals surface area contributed by atoms with Crippen molar-refractivity contribution in [3.8, 4) is 5.75 Å². The number of carbonyl (C=O) groups excluding carboxylic acids is 1. The molecule has 0 aliphatic carbocycles. The highest BCUT2D eigenvalue weighted by molar-refractivity contribution is 7.15. The topological polar surface area (TPSA) is 69.9 Å². The molecule has 0 N–H and O–H groups in total. The van der Waals surface area contributed by atoms with Gasteiger partial charge in [0.15, 0.2) is 11.1 Å². The van der Waals surface area contributed by atoms with Crippen LogP contribution in [-0.4, -0.2) is 21.5 Å². The molecule has 24 heavy (non-hydrogen) atoms. The zero-order valence-electron chi connectivity index (χ0n) is 13.3. The third kappa shape index (κ3) is 3.46. The summed E-state index contributed by atoms with van der Waals surface area (Å²) < 4.78 is 12.2. The minimum atomic E-state index is -0.749. The van der Waals surface area contributed by atoms with Crippen LogP contribution in [0.5, 0.6) is 5.75 Å². The summed E-state index contributed by atoms with van der Waals surface area (Å²) in [5.41, 5.74) is 1.07. The number of benzene rings is 1. The fraction of sp³-hybridized carbons (Fsp3) is 0.235. The first-order valence-corrected chi connectivity index (χ1v) is 8.27. The monoisotopic (exact) mass is 344 g/mol. The van der Waals surface area contributed by atoms with E-state index in [4.69, 9.17) is 9.47 Å². The van der Waals surface area contributed by atoms with Gasteiger partial charge in [0.05, 0.1) is 5.69 Å². The average Bonchev–Trinajstić information content (AvgIpc) is 2.95. The molecule has 0 fully saturated rings. The smallest absolute Gasteiger partial charge is 0.347 e. The molecule has 0 aliphatic rings. The first kappa shape index (κ1) is 16.2. The lowest BCUT2D eigenvalue weighted by molar-refractivity contribution is -0.152. The lowest BCUT2D eigenvalue weighted by Crippen LogP contribution is -2.26. The number of thiazole rings is 1. The van der Waals surface area contributed by atoms with Gasteiger partial charge >= 0.3 is 5.97 Å². The minimum absolute atomic E-state index is 0.0655. The molecule has 0 spiro atoms. The number of hydrogen-bond donors (Lipinski definition) is 0. The molecule has 2 heterocycles. The van der Waals surface area contributed by atoms with Gasteiger partial charge in [0.25, 0.3) is 5.56 Å². The fourth-order valence-corrected chi connectivity index (χ4v) is 3.08. The zero-order valence-corrected chi connectivity index (χ0v) is 14.1. The highest BCUT2D eigenvalue weighted by atomic mass is 32.1. The largest absolute Gasteiger partial charge is 0.479 e. The van der Waals surface area contributed by atoms with Crippen molar-refractivity contribution in [3.05, 3.63) is 63.5 Å². The van der Waals surface area contributed by atoms with Crippen LogP contribution in [-0.2, 0) is 16.1 Å². The van der Waals surface area contributed by atoms with E-state index in [1.807, 2.05) is 30.5 Å². The third-order valence-electron chi connectivity index (χ3n) is 3.38. The molecule has 0 amide bonds. The van der Waals surface area contributed by atoms with Crippen molar-refractivity contribution in [3.63, 3.8) is 0 Å². The summed E-state index contributed by atoms with van der Waals surface area (Å²) in [6, 6.07) is 10.4. The van der Waals surface area contributed by atoms with E-state index < -0.39 is 12.1 Å². The molecule has 3 rings (SSSR count). The van der Waals surface area contributed by atoms with Gasteiger partial charge < -0.3 is 9.47 Å². The Morgan fingerprint density at radius 3 is 2.83 bits per heavy atom. The van der Waals surface area contributed by atoms with Crippen LogP contribution in [0.3, 0.4) is 0 Å². The van der Waals surface area contributed by atoms with E-state index in [0.29, 0.717) is 16.4 Å². The Hall–Kier alpha value is -2.67. The summed E-state index contributed by atoms with van der Waals surface area (Å²) in [6.45, 7) is 3.39. The number of nitrogens with zero attached hydrogens (tertiary/aromatic N) is 2. The summed E-state index contributed by atoms with van der Waals surface area (Å²) >= 11 is 1.37. The summed E-state index contributed by atoms with van der Waals surface area (Å²) in [7, 11) is 0. The van der Waals surface area contributed by atoms with Crippen LogP contribution in [0.25, 0.3) is 4.96 Å². The van der Waals surface area contributed by atoms with Crippen molar-refractivity contribution in [2.45, 2.75) is 26.6 Å². The first-order chi connectivity index (χ1) is 11.5. The molecule has 0 unspecified atom stereocenters. The van der Waals surface area contributed by atoms with Crippen LogP contribution in [0.4, 0.5) is 0 Å². The van der Waals surface area contributed by atoms with E-state index in [1.165, 1.54) is 21.8 Å². The lowest BCUT2D eigenvalue weighted by Gasteiger charge is -2.13. The Bertz CT molecular complexity index is 917. The van der Waals surface area contributed by atoms with Gasteiger partial charge in [-0.05, 0) is 26.0 Å². The van der Waals surface area contributed by atoms with Crippen molar-refractivity contribution >= 4 is 22.3 Å². The molecule has 2 aromatic heterocycles. The van der Waals surface area contributed by atoms with Crippen LogP contribution in [0.15, 0.2) is 46.6 Å². The molecular weight excluding hydrogens is 328 g/mol. The predicted octanol–water partition coefficient (Wildman–Crippen LogP) is 2.58. The maximum Gasteiger partial charge on any atom is 0.347 e. The summed E-state index contributed by atoms with van der Waals surface area (Å²) in [6.07, 6.45) is -0.749. The van der Waals surface area contributed by atoms with Crippen molar-refractivity contribution < 1.29 is 14.3 Å². The van der Waals surface area contributed by atoms with Crippen LogP contribution in [0, 0.1) is 6.92 Å². The van der Waals surface area contributed by atoms with Gasteiger partial charge in [-0.25, -0.2) is 9.78 Å². The number of fused-ring (bicyclic) bond motifs is 1. The van der Waals surface area contributed by atoms with Gasteiger partial charge in [-0.15, -0.1) is 11.3 Å². The number of aryl methyl sites for hydroxylation is 1. The number of aromatic nitrogens is 2. The summed E-state index contributed by atoms with van der Waals surface area (Å²) in [5, 5.41) is 1.86. The minimum Gasteiger partial charge on any atom is -0.479 e. The second-order valence-electron chi connectivity index (χ2n) is 5.26. The molecule has 124 valence electrons. The Labute approximate surface area is 142 Å². The van der Waals surface area contributed by atoms with Crippen molar-refractivity contribution in [1.29, 1.82) is 0 Å². The molecule has 0 aliphatic heterocycles. The van der Waals surface area contributed by atoms with Gasteiger partial charge in [0.2, 0.25) is 0 Å². The Morgan fingerprint density at radius 2 is 2.08 bits per heavy atom. The average molecular weight is 344 g/mol. The molecule has 1 atom stereocenters. The zero-order chi connectivity index (χ0) is 17.1. The van der Waals surface area contributed by atoms with Crippen LogP contribution in [0.2, 0.25) is 0 Å². The standard InChI is InChI=1S/C17H16N2O4S/c1-11-10-24-17-18-13(8-15(20)19(11)17)9-22-16(21)12(2)23-14-6-4-3-5-7-14/h3-8,10,12H,9H2,1-2H3/t12-/m0/s1. The molecule has 3 aromatic rings. The van der Waals surface area contributed by atoms with Crippen molar-refractivity contribution in [1.82, 2.24) is 9.38 Å². The predicted molar refractivity (Wildman–Crippen MR) is 90.4 cm³/mol. The quantitative estimate of drug-likeness (QED) is 0.665. The second kappa shape index (κ2) is 6.84. The number of carbonyl (C=O) groups is 1. The molecule has 1 aromatic carbocycles. The first-order valence-electron chi connectivity index (χ1n) is 7.40. The number of ether oxygens (including phenoxy) is 2. The molecule has 0 bridgehead atoms.